The molecule has 2 aliphatic rings. The Labute approximate surface area is 154 Å². The van der Waals surface area contributed by atoms with Gasteiger partial charge in [-0.3, -0.25) is 4.79 Å². The number of aryl methyl sites for hydroxylation is 2. The molecule has 1 saturated carbocycles. The minimum atomic E-state index is 0.132. The molecule has 0 bridgehead atoms. The van der Waals surface area contributed by atoms with E-state index in [2.05, 4.69) is 17.9 Å². The molecule has 2 aromatic carbocycles. The van der Waals surface area contributed by atoms with Crippen LogP contribution in [0.4, 0.5) is 0 Å². The van der Waals surface area contributed by atoms with Crippen LogP contribution in [0.2, 0.25) is 0 Å². The molecule has 0 radical (unpaired) electrons. The summed E-state index contributed by atoms with van der Waals surface area (Å²) in [6.07, 6.45) is 4.56. The van der Waals surface area contributed by atoms with E-state index < -0.39 is 0 Å². The number of rotatable bonds is 4. The van der Waals surface area contributed by atoms with E-state index in [4.69, 9.17) is 9.47 Å². The van der Waals surface area contributed by atoms with Crippen molar-refractivity contribution < 1.29 is 14.3 Å². The number of carbonyl (C=O) groups excluding carboxylic acids is 1. The van der Waals surface area contributed by atoms with E-state index in [1.165, 1.54) is 18.4 Å². The second kappa shape index (κ2) is 7.02. The summed E-state index contributed by atoms with van der Waals surface area (Å²) >= 11 is 0. The van der Waals surface area contributed by atoms with Gasteiger partial charge in [-0.05, 0) is 56.0 Å². The standard InChI is InChI=1S/C22H25NO3/c1-15-7-9-19(16(2)11-15)22(24)23(18-5-3-4-6-18)13-17-8-10-20-21(12-17)26-14-25-20/h7-12,18H,3-6,13-14H2,1-2H3. The molecular weight excluding hydrogens is 326 g/mol. The SMILES string of the molecule is Cc1ccc(C(=O)N(Cc2ccc3c(c2)OCO3)C2CCCC2)c(C)c1. The molecule has 0 N–H and O–H groups in total. The summed E-state index contributed by atoms with van der Waals surface area (Å²) in [4.78, 5) is 15.4. The van der Waals surface area contributed by atoms with E-state index in [1.54, 1.807) is 0 Å². The van der Waals surface area contributed by atoms with Crippen molar-refractivity contribution in [3.05, 3.63) is 58.7 Å². The van der Waals surface area contributed by atoms with Crippen LogP contribution in [0.15, 0.2) is 36.4 Å². The summed E-state index contributed by atoms with van der Waals surface area (Å²) in [5.74, 6) is 1.68. The Morgan fingerprint density at radius 3 is 2.58 bits per heavy atom. The molecular formula is C22H25NO3. The summed E-state index contributed by atoms with van der Waals surface area (Å²) in [6.45, 7) is 4.95. The predicted molar refractivity (Wildman–Crippen MR) is 101 cm³/mol. The molecule has 1 fully saturated rings. The van der Waals surface area contributed by atoms with Crippen molar-refractivity contribution in [3.63, 3.8) is 0 Å². The number of fused-ring (bicyclic) bond motifs is 1. The number of hydrogen-bond donors (Lipinski definition) is 0. The third-order valence-corrected chi connectivity index (χ3v) is 5.43. The highest BCUT2D eigenvalue weighted by Crippen LogP contribution is 2.34. The first-order valence-corrected chi connectivity index (χ1v) is 9.38. The van der Waals surface area contributed by atoms with Crippen LogP contribution in [-0.2, 0) is 6.54 Å². The largest absolute Gasteiger partial charge is 0.454 e. The predicted octanol–water partition coefficient (Wildman–Crippen LogP) is 4.62. The fraction of sp³-hybridized carbons (Fsp3) is 0.409. The normalized spacial score (nSPS) is 16.1. The topological polar surface area (TPSA) is 38.8 Å². The van der Waals surface area contributed by atoms with Crippen LogP contribution in [0.3, 0.4) is 0 Å². The number of carbonyl (C=O) groups is 1. The molecule has 1 heterocycles. The van der Waals surface area contributed by atoms with E-state index >= 15 is 0 Å². The molecule has 1 aliphatic carbocycles. The maximum atomic E-state index is 13.4. The Hall–Kier alpha value is -2.49. The summed E-state index contributed by atoms with van der Waals surface area (Å²) < 4.78 is 10.9. The van der Waals surface area contributed by atoms with Gasteiger partial charge in [0, 0.05) is 18.2 Å². The van der Waals surface area contributed by atoms with E-state index in [9.17, 15) is 4.79 Å². The molecule has 26 heavy (non-hydrogen) atoms. The maximum absolute atomic E-state index is 13.4. The van der Waals surface area contributed by atoms with Gasteiger partial charge in [0.05, 0.1) is 0 Å². The van der Waals surface area contributed by atoms with E-state index in [0.29, 0.717) is 12.6 Å². The van der Waals surface area contributed by atoms with Gasteiger partial charge in [0.1, 0.15) is 0 Å². The molecule has 0 spiro atoms. The van der Waals surface area contributed by atoms with Crippen molar-refractivity contribution in [2.24, 2.45) is 0 Å². The molecule has 0 aromatic heterocycles. The average molecular weight is 351 g/mol. The van der Waals surface area contributed by atoms with Crippen molar-refractivity contribution in [1.82, 2.24) is 4.90 Å². The van der Waals surface area contributed by atoms with Crippen molar-refractivity contribution in [2.45, 2.75) is 52.1 Å². The highest BCUT2D eigenvalue weighted by Gasteiger charge is 2.28. The Balaban J connectivity index is 1.62. The van der Waals surface area contributed by atoms with Crippen molar-refractivity contribution in [3.8, 4) is 11.5 Å². The second-order valence-electron chi connectivity index (χ2n) is 7.38. The molecule has 2 aromatic rings. The van der Waals surface area contributed by atoms with Gasteiger partial charge in [-0.15, -0.1) is 0 Å². The zero-order chi connectivity index (χ0) is 18.1. The van der Waals surface area contributed by atoms with Crippen molar-refractivity contribution in [2.75, 3.05) is 6.79 Å². The number of amides is 1. The second-order valence-corrected chi connectivity index (χ2v) is 7.38. The first kappa shape index (κ1) is 17.0. The minimum absolute atomic E-state index is 0.132. The number of hydrogen-bond acceptors (Lipinski definition) is 3. The Morgan fingerprint density at radius 1 is 1.04 bits per heavy atom. The van der Waals surface area contributed by atoms with Gasteiger partial charge < -0.3 is 14.4 Å². The first-order chi connectivity index (χ1) is 12.6. The lowest BCUT2D eigenvalue weighted by Gasteiger charge is -2.30. The third-order valence-electron chi connectivity index (χ3n) is 5.43. The minimum Gasteiger partial charge on any atom is -0.454 e. The molecule has 136 valence electrons. The molecule has 0 saturated heterocycles. The van der Waals surface area contributed by atoms with Crippen LogP contribution >= 0.6 is 0 Å². The van der Waals surface area contributed by atoms with Crippen LogP contribution in [0, 0.1) is 13.8 Å². The van der Waals surface area contributed by atoms with Gasteiger partial charge in [0.2, 0.25) is 6.79 Å². The lowest BCUT2D eigenvalue weighted by molar-refractivity contribution is 0.0663. The molecule has 0 unspecified atom stereocenters. The smallest absolute Gasteiger partial charge is 0.254 e. The van der Waals surface area contributed by atoms with E-state index in [-0.39, 0.29) is 12.7 Å². The van der Waals surface area contributed by atoms with E-state index in [0.717, 1.165) is 41.0 Å². The molecule has 4 heteroatoms. The summed E-state index contributed by atoms with van der Waals surface area (Å²) in [7, 11) is 0. The molecule has 1 amide bonds. The van der Waals surface area contributed by atoms with E-state index in [1.807, 2.05) is 37.3 Å². The molecule has 0 atom stereocenters. The van der Waals surface area contributed by atoms with Gasteiger partial charge in [0.25, 0.3) is 5.91 Å². The van der Waals surface area contributed by atoms with Crippen LogP contribution < -0.4 is 9.47 Å². The highest BCUT2D eigenvalue weighted by atomic mass is 16.7. The monoisotopic (exact) mass is 351 g/mol. The van der Waals surface area contributed by atoms with Crippen molar-refractivity contribution in [1.29, 1.82) is 0 Å². The third kappa shape index (κ3) is 3.28. The van der Waals surface area contributed by atoms with Gasteiger partial charge in [-0.25, -0.2) is 0 Å². The van der Waals surface area contributed by atoms with Gasteiger partial charge >= 0.3 is 0 Å². The van der Waals surface area contributed by atoms with Gasteiger partial charge in [-0.2, -0.15) is 0 Å². The highest BCUT2D eigenvalue weighted by molar-refractivity contribution is 5.96. The fourth-order valence-electron chi connectivity index (χ4n) is 4.03. The number of nitrogens with zero attached hydrogens (tertiary/aromatic N) is 1. The lowest BCUT2D eigenvalue weighted by Crippen LogP contribution is -2.38. The van der Waals surface area contributed by atoms with Crippen LogP contribution in [0.1, 0.15) is 52.7 Å². The zero-order valence-corrected chi connectivity index (χ0v) is 15.5. The summed E-state index contributed by atoms with van der Waals surface area (Å²) in [6, 6.07) is 12.4. The fourth-order valence-corrected chi connectivity index (χ4v) is 4.03. The quantitative estimate of drug-likeness (QED) is 0.807. The lowest BCUT2D eigenvalue weighted by atomic mass is 10.0. The Kier molecular flexibility index (Phi) is 4.58. The Bertz CT molecular complexity index is 824. The van der Waals surface area contributed by atoms with Crippen LogP contribution in [-0.4, -0.2) is 23.6 Å². The number of ether oxygens (including phenoxy) is 2. The average Bonchev–Trinajstić information content (AvgIpc) is 3.30. The molecule has 1 aliphatic heterocycles. The van der Waals surface area contributed by atoms with Crippen molar-refractivity contribution >= 4 is 5.91 Å². The maximum Gasteiger partial charge on any atom is 0.254 e. The van der Waals surface area contributed by atoms with Crippen LogP contribution in [0.5, 0.6) is 11.5 Å². The number of benzene rings is 2. The van der Waals surface area contributed by atoms with Gasteiger partial charge in [-0.1, -0.05) is 36.6 Å². The molecule has 4 nitrogen and oxygen atoms in total. The summed E-state index contributed by atoms with van der Waals surface area (Å²) in [5, 5.41) is 0. The zero-order valence-electron chi connectivity index (χ0n) is 15.5. The first-order valence-electron chi connectivity index (χ1n) is 9.38. The van der Waals surface area contributed by atoms with Crippen LogP contribution in [0.25, 0.3) is 0 Å². The van der Waals surface area contributed by atoms with Gasteiger partial charge in [0.15, 0.2) is 11.5 Å². The molecule has 4 rings (SSSR count). The summed E-state index contributed by atoms with van der Waals surface area (Å²) in [5.41, 5.74) is 4.12. The Morgan fingerprint density at radius 2 is 1.81 bits per heavy atom.